The summed E-state index contributed by atoms with van der Waals surface area (Å²) < 4.78 is 39.7. The largest absolute Gasteiger partial charge is 0.352 e. The molecule has 8 heteroatoms. The number of hydrogen-bond acceptors (Lipinski definition) is 3. The van der Waals surface area contributed by atoms with Crippen LogP contribution in [0.2, 0.25) is 0 Å². The number of nitrogens with one attached hydrogen (secondary N) is 2. The van der Waals surface area contributed by atoms with Gasteiger partial charge in [0.25, 0.3) is 0 Å². The van der Waals surface area contributed by atoms with E-state index in [1.165, 1.54) is 24.5 Å². The minimum Gasteiger partial charge on any atom is -0.352 e. The second-order valence-corrected chi connectivity index (χ2v) is 8.38. The topological polar surface area (TPSA) is 73.8 Å². The molecule has 0 saturated carbocycles. The fourth-order valence-electron chi connectivity index (χ4n) is 2.43. The van der Waals surface area contributed by atoms with Crippen molar-refractivity contribution in [1.29, 1.82) is 0 Å². The number of aliphatic imine (C=N–C) groups is 1. The zero-order valence-corrected chi connectivity index (χ0v) is 16.8. The fourth-order valence-corrected chi connectivity index (χ4v) is 3.55. The van der Waals surface area contributed by atoms with Crippen LogP contribution in [0.3, 0.4) is 0 Å². The number of rotatable bonds is 6. The Balaban J connectivity index is 2.06. The Hall–Kier alpha value is -2.45. The van der Waals surface area contributed by atoms with E-state index in [4.69, 9.17) is 0 Å². The fraction of sp³-hybridized carbons (Fsp3) is 0.316. The van der Waals surface area contributed by atoms with Crippen molar-refractivity contribution < 1.29 is 12.8 Å². The van der Waals surface area contributed by atoms with Crippen LogP contribution >= 0.6 is 0 Å². The summed E-state index contributed by atoms with van der Waals surface area (Å²) in [6.07, 6.45) is 0. The molecular weight excluding hydrogens is 367 g/mol. The Morgan fingerprint density at radius 1 is 1.11 bits per heavy atom. The number of guanidine groups is 1. The van der Waals surface area contributed by atoms with E-state index in [2.05, 4.69) is 15.6 Å². The first-order chi connectivity index (χ1) is 12.8. The monoisotopic (exact) mass is 392 g/mol. The van der Waals surface area contributed by atoms with E-state index in [-0.39, 0.29) is 17.3 Å². The van der Waals surface area contributed by atoms with Crippen LogP contribution in [0.15, 0.2) is 52.4 Å². The van der Waals surface area contributed by atoms with Gasteiger partial charge in [0.1, 0.15) is 5.82 Å². The van der Waals surface area contributed by atoms with Gasteiger partial charge in [0.2, 0.25) is 10.0 Å². The van der Waals surface area contributed by atoms with Crippen LogP contribution in [0.25, 0.3) is 0 Å². The van der Waals surface area contributed by atoms with Gasteiger partial charge in [0.05, 0.1) is 4.90 Å². The molecule has 0 atom stereocenters. The molecule has 0 heterocycles. The third-order valence-electron chi connectivity index (χ3n) is 4.10. The first kappa shape index (κ1) is 20.9. The highest BCUT2D eigenvalue weighted by Crippen LogP contribution is 2.18. The molecule has 6 nitrogen and oxygen atoms in total. The molecule has 146 valence electrons. The minimum absolute atomic E-state index is 0.249. The summed E-state index contributed by atoms with van der Waals surface area (Å²) in [6, 6.07) is 11.9. The van der Waals surface area contributed by atoms with Gasteiger partial charge in [-0.05, 0) is 35.7 Å². The molecule has 0 bridgehead atoms. The third-order valence-corrected chi connectivity index (χ3v) is 6.01. The molecule has 0 aliphatic carbocycles. The molecule has 2 N–H and O–H groups in total. The van der Waals surface area contributed by atoms with Gasteiger partial charge >= 0.3 is 0 Å². The summed E-state index contributed by atoms with van der Waals surface area (Å²) in [5.41, 5.74) is 2.02. The molecule has 0 radical (unpaired) electrons. The van der Waals surface area contributed by atoms with E-state index >= 15 is 0 Å². The zero-order valence-electron chi connectivity index (χ0n) is 16.0. The first-order valence-corrected chi connectivity index (χ1v) is 9.89. The molecule has 0 amide bonds. The lowest BCUT2D eigenvalue weighted by molar-refractivity contribution is 0.519. The molecule has 0 unspecified atom stereocenters. The molecule has 0 fully saturated rings. The van der Waals surface area contributed by atoms with Crippen molar-refractivity contribution >= 4 is 16.0 Å². The van der Waals surface area contributed by atoms with Gasteiger partial charge in [-0.3, -0.25) is 4.99 Å². The van der Waals surface area contributed by atoms with Crippen molar-refractivity contribution in [2.75, 3.05) is 21.1 Å². The van der Waals surface area contributed by atoms with Crippen LogP contribution in [0.5, 0.6) is 0 Å². The Labute approximate surface area is 160 Å². The molecule has 0 aliphatic heterocycles. The number of hydrogen-bond donors (Lipinski definition) is 2. The van der Waals surface area contributed by atoms with Gasteiger partial charge < -0.3 is 10.6 Å². The van der Waals surface area contributed by atoms with Crippen LogP contribution in [0, 0.1) is 12.7 Å². The van der Waals surface area contributed by atoms with E-state index in [0.717, 1.165) is 5.56 Å². The number of sulfonamides is 1. The molecule has 0 aromatic heterocycles. The lowest BCUT2D eigenvalue weighted by Gasteiger charge is -2.17. The summed E-state index contributed by atoms with van der Waals surface area (Å²) in [5.74, 6) is 0.244. The van der Waals surface area contributed by atoms with Crippen LogP contribution in [-0.4, -0.2) is 39.8 Å². The highest BCUT2D eigenvalue weighted by molar-refractivity contribution is 7.89. The predicted molar refractivity (Wildman–Crippen MR) is 105 cm³/mol. The summed E-state index contributed by atoms with van der Waals surface area (Å²) in [6.45, 7) is 2.39. The van der Waals surface area contributed by atoms with Crippen LogP contribution in [0.1, 0.15) is 16.7 Å². The van der Waals surface area contributed by atoms with Crippen molar-refractivity contribution in [2.24, 2.45) is 4.99 Å². The van der Waals surface area contributed by atoms with E-state index in [1.54, 1.807) is 44.3 Å². The van der Waals surface area contributed by atoms with Crippen LogP contribution < -0.4 is 10.6 Å². The van der Waals surface area contributed by atoms with Gasteiger partial charge in [-0.25, -0.2) is 17.1 Å². The van der Waals surface area contributed by atoms with Crippen LogP contribution in [-0.2, 0) is 23.1 Å². The van der Waals surface area contributed by atoms with Crippen molar-refractivity contribution in [1.82, 2.24) is 14.9 Å². The normalized spacial score (nSPS) is 12.3. The first-order valence-electron chi connectivity index (χ1n) is 8.45. The summed E-state index contributed by atoms with van der Waals surface area (Å²) in [7, 11) is 1.09. The molecule has 0 saturated heterocycles. The highest BCUT2D eigenvalue weighted by atomic mass is 32.2. The van der Waals surface area contributed by atoms with Crippen molar-refractivity contribution in [2.45, 2.75) is 24.9 Å². The van der Waals surface area contributed by atoms with Crippen molar-refractivity contribution in [3.8, 4) is 0 Å². The van der Waals surface area contributed by atoms with Gasteiger partial charge in [-0.2, -0.15) is 0 Å². The van der Waals surface area contributed by atoms with Crippen molar-refractivity contribution in [3.05, 3.63) is 65.0 Å². The maximum Gasteiger partial charge on any atom is 0.242 e. The lowest BCUT2D eigenvalue weighted by Crippen LogP contribution is -2.36. The smallest absolute Gasteiger partial charge is 0.242 e. The predicted octanol–water partition coefficient (Wildman–Crippen LogP) is 2.25. The Morgan fingerprint density at radius 3 is 2.41 bits per heavy atom. The highest BCUT2D eigenvalue weighted by Gasteiger charge is 2.20. The van der Waals surface area contributed by atoms with E-state index < -0.39 is 10.0 Å². The molecule has 2 aromatic carbocycles. The SMILES string of the molecule is CN=C(NCc1ccc(C)c(F)c1)NCc1ccccc1S(=O)(=O)N(C)C. The van der Waals surface area contributed by atoms with Crippen LogP contribution in [0.4, 0.5) is 4.39 Å². The van der Waals surface area contributed by atoms with E-state index in [0.29, 0.717) is 23.6 Å². The molecule has 2 rings (SSSR count). The third kappa shape index (κ3) is 5.27. The lowest BCUT2D eigenvalue weighted by atomic mass is 10.1. The maximum absolute atomic E-state index is 13.6. The van der Waals surface area contributed by atoms with Gasteiger partial charge in [0, 0.05) is 34.2 Å². The number of halogens is 1. The molecule has 2 aromatic rings. The molecule has 0 aliphatic rings. The summed E-state index contributed by atoms with van der Waals surface area (Å²) in [4.78, 5) is 4.37. The zero-order chi connectivity index (χ0) is 20.0. The number of aryl methyl sites for hydroxylation is 1. The van der Waals surface area contributed by atoms with E-state index in [1.807, 2.05) is 6.07 Å². The standard InChI is InChI=1S/C19H25FN4O2S/c1-14-9-10-15(11-17(14)20)12-22-19(21-2)23-13-16-7-5-6-8-18(16)27(25,26)24(3)4/h5-11H,12-13H2,1-4H3,(H2,21,22,23). The molecular formula is C19H25FN4O2S. The molecule has 0 spiro atoms. The van der Waals surface area contributed by atoms with Gasteiger partial charge in [-0.15, -0.1) is 0 Å². The summed E-state index contributed by atoms with van der Waals surface area (Å²) in [5, 5.41) is 6.19. The van der Waals surface area contributed by atoms with Gasteiger partial charge in [-0.1, -0.05) is 30.3 Å². The summed E-state index contributed by atoms with van der Waals surface area (Å²) >= 11 is 0. The van der Waals surface area contributed by atoms with Gasteiger partial charge in [0.15, 0.2) is 5.96 Å². The maximum atomic E-state index is 13.6. The Morgan fingerprint density at radius 2 is 1.78 bits per heavy atom. The Kier molecular flexibility index (Phi) is 6.92. The second kappa shape index (κ2) is 8.96. The quantitative estimate of drug-likeness (QED) is 0.584. The van der Waals surface area contributed by atoms with Crippen molar-refractivity contribution in [3.63, 3.8) is 0 Å². The average molecular weight is 393 g/mol. The second-order valence-electron chi connectivity index (χ2n) is 6.26. The Bertz CT molecular complexity index is 927. The number of benzene rings is 2. The average Bonchev–Trinajstić information content (AvgIpc) is 2.64. The van der Waals surface area contributed by atoms with E-state index in [9.17, 15) is 12.8 Å². The minimum atomic E-state index is -3.53. The molecule has 27 heavy (non-hydrogen) atoms. The number of nitrogens with zero attached hydrogens (tertiary/aromatic N) is 2.